The Hall–Kier alpha value is -3.39. The number of carbonyl (C=O) groups excluding carboxylic acids is 4. The smallest absolute Gasteiger partial charge is 0.374 e. The lowest BCUT2D eigenvalue weighted by Crippen LogP contribution is -2.71. The summed E-state index contributed by atoms with van der Waals surface area (Å²) in [7, 11) is 1.28. The van der Waals surface area contributed by atoms with E-state index < -0.39 is 35.2 Å². The highest BCUT2D eigenvalue weighted by Gasteiger charge is 2.54. The number of thiazole rings is 1. The van der Waals surface area contributed by atoms with Crippen molar-refractivity contribution in [2.75, 3.05) is 25.2 Å². The van der Waals surface area contributed by atoms with Crippen molar-refractivity contribution in [1.82, 2.24) is 15.2 Å². The molecule has 1 saturated heterocycles. The number of thioether (sulfide) groups is 1. The van der Waals surface area contributed by atoms with Crippen molar-refractivity contribution in [1.29, 1.82) is 0 Å². The molecule has 0 bridgehead atoms. The summed E-state index contributed by atoms with van der Waals surface area (Å²) in [5, 5.41) is 7.58. The number of allylic oxidation sites excluding steroid dienone is 1. The number of hydrogen-bond acceptors (Lipinski definition) is 12. The average molecular weight is 524 g/mol. The first-order valence-corrected chi connectivity index (χ1v) is 12.5. The number of nitrogens with zero attached hydrogens (tertiary/aromatic N) is 3. The zero-order valence-electron chi connectivity index (χ0n) is 19.5. The van der Waals surface area contributed by atoms with Crippen molar-refractivity contribution in [2.45, 2.75) is 38.6 Å². The van der Waals surface area contributed by atoms with Crippen LogP contribution in [0.3, 0.4) is 0 Å². The van der Waals surface area contributed by atoms with Gasteiger partial charge in [0.2, 0.25) is 5.76 Å². The van der Waals surface area contributed by atoms with Crippen LogP contribution in [-0.2, 0) is 33.5 Å². The maximum atomic E-state index is 13.0. The van der Waals surface area contributed by atoms with E-state index in [4.69, 9.17) is 20.0 Å². The molecule has 2 aliphatic rings. The molecule has 1 aromatic rings. The van der Waals surface area contributed by atoms with Gasteiger partial charge < -0.3 is 25.4 Å². The first-order valence-electron chi connectivity index (χ1n) is 10.6. The zero-order chi connectivity index (χ0) is 25.7. The van der Waals surface area contributed by atoms with Gasteiger partial charge in [-0.05, 0) is 31.9 Å². The number of aromatic nitrogens is 1. The fourth-order valence-corrected chi connectivity index (χ4v) is 5.21. The van der Waals surface area contributed by atoms with Crippen LogP contribution in [0.5, 0.6) is 0 Å². The second kappa shape index (κ2) is 11.4. The molecule has 3 N–H and O–H groups in total. The number of carbonyl (C=O) groups is 4. The average Bonchev–Trinajstić information content (AvgIpc) is 3.26. The van der Waals surface area contributed by atoms with Crippen LogP contribution >= 0.6 is 23.1 Å². The van der Waals surface area contributed by atoms with Gasteiger partial charge in [0.15, 0.2) is 10.8 Å². The third kappa shape index (κ3) is 5.48. The summed E-state index contributed by atoms with van der Waals surface area (Å²) >= 11 is 2.50. The van der Waals surface area contributed by atoms with Gasteiger partial charge in [-0.15, -0.1) is 23.1 Å². The lowest BCUT2D eigenvalue weighted by molar-refractivity contribution is -0.154. The fourth-order valence-electron chi connectivity index (χ4n) is 3.37. The van der Waals surface area contributed by atoms with Crippen molar-refractivity contribution in [3.63, 3.8) is 0 Å². The van der Waals surface area contributed by atoms with Gasteiger partial charge in [0.1, 0.15) is 29.9 Å². The van der Waals surface area contributed by atoms with Gasteiger partial charge in [-0.25, -0.2) is 14.6 Å². The molecule has 0 unspecified atom stereocenters. The summed E-state index contributed by atoms with van der Waals surface area (Å²) < 4.78 is 10.2. The molecule has 12 nitrogen and oxygen atoms in total. The molecule has 188 valence electrons. The Morgan fingerprint density at radius 3 is 2.71 bits per heavy atom. The number of anilines is 1. The number of ether oxygens (including phenoxy) is 2. The first-order chi connectivity index (χ1) is 16.7. The van der Waals surface area contributed by atoms with Crippen LogP contribution < -0.4 is 11.1 Å². The number of amides is 2. The minimum atomic E-state index is -0.919. The molecule has 2 atom stereocenters. The van der Waals surface area contributed by atoms with Crippen LogP contribution in [0.15, 0.2) is 33.6 Å². The minimum absolute atomic E-state index is 0.0357. The number of hydrogen-bond donors (Lipinski definition) is 2. The number of nitrogen functional groups attached to an aromatic ring is 1. The Balaban J connectivity index is 1.76. The molecular formula is C21H25N5O7S2. The van der Waals surface area contributed by atoms with E-state index >= 15 is 0 Å². The van der Waals surface area contributed by atoms with Crippen molar-refractivity contribution in [2.24, 2.45) is 5.16 Å². The number of fused-ring (bicyclic) bond motifs is 1. The van der Waals surface area contributed by atoms with E-state index in [1.807, 2.05) is 0 Å². The number of rotatable bonds is 9. The van der Waals surface area contributed by atoms with E-state index in [1.54, 1.807) is 26.2 Å². The summed E-state index contributed by atoms with van der Waals surface area (Å²) in [4.78, 5) is 61.0. The molecule has 0 aromatic carbocycles. The van der Waals surface area contributed by atoms with Crippen LogP contribution in [0.4, 0.5) is 5.13 Å². The molecule has 1 aromatic heterocycles. The number of nitrogens with two attached hydrogens (primary N) is 1. The molecule has 0 spiro atoms. The van der Waals surface area contributed by atoms with Crippen molar-refractivity contribution < 1.29 is 33.5 Å². The second-order valence-corrected chi connectivity index (χ2v) is 9.26. The number of nitrogens with one attached hydrogen (secondary N) is 1. The van der Waals surface area contributed by atoms with Crippen LogP contribution in [0.1, 0.15) is 32.9 Å². The van der Waals surface area contributed by atoms with Gasteiger partial charge in [-0.2, -0.15) is 0 Å². The third-order valence-electron chi connectivity index (χ3n) is 4.87. The van der Waals surface area contributed by atoms with Gasteiger partial charge in [-0.3, -0.25) is 14.5 Å². The Kier molecular flexibility index (Phi) is 8.51. The number of β-lactam (4-membered cyclic amide) rings is 1. The summed E-state index contributed by atoms with van der Waals surface area (Å²) in [6, 6.07) is -0.919. The predicted octanol–water partition coefficient (Wildman–Crippen LogP) is 1.15. The molecule has 0 radical (unpaired) electrons. The van der Waals surface area contributed by atoms with Gasteiger partial charge in [-0.1, -0.05) is 12.1 Å². The van der Waals surface area contributed by atoms with E-state index in [9.17, 15) is 19.2 Å². The first kappa shape index (κ1) is 26.2. The van der Waals surface area contributed by atoms with Crippen molar-refractivity contribution in [3.05, 3.63) is 34.2 Å². The topological polar surface area (TPSA) is 163 Å². The Morgan fingerprint density at radius 1 is 1.37 bits per heavy atom. The Labute approximate surface area is 209 Å². The molecular weight excluding hydrogens is 498 g/mol. The highest BCUT2D eigenvalue weighted by molar-refractivity contribution is 8.00. The SMILES string of the molecule is CC/C=C(\OC(=O)C1=C(C)CS[C@@H]2[C@H](NC(=O)/C(=N\OC)c3csc(N)n3)C(=O)N12)C(=O)OCC. The van der Waals surface area contributed by atoms with Gasteiger partial charge in [0, 0.05) is 11.1 Å². The number of oxime groups is 1. The van der Waals surface area contributed by atoms with Crippen molar-refractivity contribution >= 4 is 57.7 Å². The molecule has 2 aliphatic heterocycles. The largest absolute Gasteiger partial charge is 0.460 e. The van der Waals surface area contributed by atoms with E-state index in [1.165, 1.54) is 29.8 Å². The second-order valence-electron chi connectivity index (χ2n) is 7.27. The van der Waals surface area contributed by atoms with Crippen molar-refractivity contribution in [3.8, 4) is 0 Å². The lowest BCUT2D eigenvalue weighted by atomic mass is 10.0. The van der Waals surface area contributed by atoms with Gasteiger partial charge in [0.25, 0.3) is 11.8 Å². The third-order valence-corrected chi connectivity index (χ3v) is 6.97. The maximum absolute atomic E-state index is 13.0. The van der Waals surface area contributed by atoms with Crippen LogP contribution in [-0.4, -0.2) is 70.2 Å². The summed E-state index contributed by atoms with van der Waals surface area (Å²) in [5.41, 5.74) is 6.35. The predicted molar refractivity (Wildman–Crippen MR) is 129 cm³/mol. The summed E-state index contributed by atoms with van der Waals surface area (Å²) in [6.45, 7) is 5.23. The van der Waals surface area contributed by atoms with Crippen LogP contribution in [0.2, 0.25) is 0 Å². The molecule has 14 heteroatoms. The summed E-state index contributed by atoms with van der Waals surface area (Å²) in [6.07, 6.45) is 1.87. The van der Waals surface area contributed by atoms with Crippen LogP contribution in [0.25, 0.3) is 0 Å². The van der Waals surface area contributed by atoms with Gasteiger partial charge >= 0.3 is 11.9 Å². The highest BCUT2D eigenvalue weighted by atomic mass is 32.2. The van der Waals surface area contributed by atoms with E-state index in [0.29, 0.717) is 17.7 Å². The highest BCUT2D eigenvalue weighted by Crippen LogP contribution is 2.40. The van der Waals surface area contributed by atoms with Gasteiger partial charge in [0.05, 0.1) is 6.61 Å². The summed E-state index contributed by atoms with van der Waals surface area (Å²) in [5.74, 6) is -2.63. The molecule has 0 saturated carbocycles. The Bertz CT molecular complexity index is 1130. The molecule has 1 fully saturated rings. The maximum Gasteiger partial charge on any atom is 0.374 e. The zero-order valence-corrected chi connectivity index (χ0v) is 21.2. The molecule has 3 rings (SSSR count). The Morgan fingerprint density at radius 2 is 2.11 bits per heavy atom. The van der Waals surface area contributed by atoms with E-state index in [2.05, 4.69) is 15.5 Å². The molecule has 3 heterocycles. The minimum Gasteiger partial charge on any atom is -0.460 e. The molecule has 2 amide bonds. The molecule has 35 heavy (non-hydrogen) atoms. The monoisotopic (exact) mass is 523 g/mol. The number of esters is 2. The normalized spacial score (nSPS) is 20.1. The lowest BCUT2D eigenvalue weighted by Gasteiger charge is -2.49. The standard InChI is InChI=1S/C21H25N5O7S2/c1-5-7-12(19(29)32-6-2)33-20(30)15-10(3)8-34-18-14(17(28)26(15)18)24-16(27)13(25-31-4)11-9-35-21(22)23-11/h7,9,14,18H,5-6,8H2,1-4H3,(H2,22,23)(H,24,27)/b12-7-,25-13-/t14-,18-/m1/s1. The fraction of sp³-hybridized carbons (Fsp3) is 0.429. The quantitative estimate of drug-likeness (QED) is 0.120. The van der Waals surface area contributed by atoms with E-state index in [0.717, 1.165) is 11.3 Å². The molecule has 0 aliphatic carbocycles. The van der Waals surface area contributed by atoms with Crippen LogP contribution in [0, 0.1) is 0 Å². The van der Waals surface area contributed by atoms with E-state index in [-0.39, 0.29) is 34.6 Å².